The van der Waals surface area contributed by atoms with Crippen LogP contribution in [0.5, 0.6) is 5.75 Å². The van der Waals surface area contributed by atoms with Gasteiger partial charge in [0.1, 0.15) is 11.6 Å². The Bertz CT molecular complexity index is 537. The lowest BCUT2D eigenvalue weighted by atomic mass is 9.97. The molecule has 0 radical (unpaired) electrons. The molecule has 0 aromatic heterocycles. The fourth-order valence-corrected chi connectivity index (χ4v) is 1.70. The summed E-state index contributed by atoms with van der Waals surface area (Å²) in [5, 5.41) is 7.70. The third-order valence-corrected chi connectivity index (χ3v) is 2.69. The fraction of sp³-hybridized carbons (Fsp3) is 0.333. The fourth-order valence-electron chi connectivity index (χ4n) is 1.70. The Balaban J connectivity index is 2.25. The minimum atomic E-state index is -4.71. The van der Waals surface area contributed by atoms with Crippen LogP contribution in [-0.4, -0.2) is 17.9 Å². The molecule has 1 atom stereocenters. The molecule has 0 saturated carbocycles. The number of nitrogens with zero attached hydrogens (tertiary/aromatic N) is 2. The zero-order valence-electron chi connectivity index (χ0n) is 10.1. The number of benzene rings is 1. The molecule has 7 heteroatoms. The van der Waals surface area contributed by atoms with Gasteiger partial charge in [0.15, 0.2) is 0 Å². The van der Waals surface area contributed by atoms with E-state index in [9.17, 15) is 13.2 Å². The van der Waals surface area contributed by atoms with Crippen molar-refractivity contribution in [1.82, 2.24) is 0 Å². The molecule has 4 nitrogen and oxygen atoms in total. The molecule has 0 fully saturated rings. The first-order valence-electron chi connectivity index (χ1n) is 5.61. The van der Waals surface area contributed by atoms with E-state index in [1.165, 1.54) is 18.2 Å². The van der Waals surface area contributed by atoms with Crippen molar-refractivity contribution < 1.29 is 17.9 Å². The first-order chi connectivity index (χ1) is 8.85. The topological polar surface area (TPSA) is 60.0 Å². The maximum absolute atomic E-state index is 12.1. The van der Waals surface area contributed by atoms with Gasteiger partial charge in [-0.25, -0.2) is 0 Å². The van der Waals surface area contributed by atoms with Crippen LogP contribution in [0, 0.1) is 5.92 Å². The minimum absolute atomic E-state index is 0.0136. The highest BCUT2D eigenvalue weighted by Crippen LogP contribution is 2.25. The van der Waals surface area contributed by atoms with Crippen LogP contribution in [0.25, 0.3) is 0 Å². The van der Waals surface area contributed by atoms with Gasteiger partial charge in [-0.15, -0.1) is 18.3 Å². The molecule has 1 unspecified atom stereocenters. The Kier molecular flexibility index (Phi) is 3.46. The highest BCUT2D eigenvalue weighted by molar-refractivity contribution is 6.04. The predicted molar refractivity (Wildman–Crippen MR) is 65.1 cm³/mol. The maximum atomic E-state index is 12.1. The van der Waals surface area contributed by atoms with Gasteiger partial charge < -0.3 is 10.5 Å². The Hall–Kier alpha value is -2.05. The maximum Gasteiger partial charge on any atom is 0.573 e. The van der Waals surface area contributed by atoms with E-state index < -0.39 is 6.36 Å². The number of hydrogen-bond donors (Lipinski definition) is 1. The second-order valence-corrected chi connectivity index (χ2v) is 4.25. The highest BCUT2D eigenvalue weighted by Gasteiger charge is 2.31. The van der Waals surface area contributed by atoms with Gasteiger partial charge in [-0.2, -0.15) is 5.10 Å². The van der Waals surface area contributed by atoms with E-state index in [1.807, 2.05) is 6.92 Å². The molecule has 1 aromatic carbocycles. The quantitative estimate of drug-likeness (QED) is 0.899. The Labute approximate surface area is 107 Å². The minimum Gasteiger partial charge on any atom is -0.406 e. The van der Waals surface area contributed by atoms with Crippen LogP contribution in [0.1, 0.15) is 18.9 Å². The molecule has 1 heterocycles. The van der Waals surface area contributed by atoms with Crippen molar-refractivity contribution in [3.8, 4) is 5.75 Å². The highest BCUT2D eigenvalue weighted by atomic mass is 19.4. The van der Waals surface area contributed by atoms with E-state index in [-0.39, 0.29) is 11.7 Å². The van der Waals surface area contributed by atoms with Gasteiger partial charge in [0.25, 0.3) is 0 Å². The van der Waals surface area contributed by atoms with E-state index in [0.29, 0.717) is 23.5 Å². The number of amidine groups is 1. The Morgan fingerprint density at radius 2 is 2.05 bits per heavy atom. The standard InChI is InChI=1S/C12H12F3N3O/c1-7-5-10(17-18-11(7)16)8-3-2-4-9(6-8)19-12(13,14)15/h2-4,6-7H,5H2,1H3,(H2,16,18). The van der Waals surface area contributed by atoms with Crippen LogP contribution in [0.4, 0.5) is 13.2 Å². The number of rotatable bonds is 2. The molecule has 0 saturated heterocycles. The molecule has 0 aliphatic carbocycles. The Morgan fingerprint density at radius 3 is 2.68 bits per heavy atom. The summed E-state index contributed by atoms with van der Waals surface area (Å²) in [5.41, 5.74) is 6.74. The second kappa shape index (κ2) is 4.91. The smallest absolute Gasteiger partial charge is 0.406 e. The summed E-state index contributed by atoms with van der Waals surface area (Å²) >= 11 is 0. The summed E-state index contributed by atoms with van der Waals surface area (Å²) < 4.78 is 40.3. The largest absolute Gasteiger partial charge is 0.573 e. The van der Waals surface area contributed by atoms with E-state index in [0.717, 1.165) is 0 Å². The molecule has 1 aromatic rings. The lowest BCUT2D eigenvalue weighted by molar-refractivity contribution is -0.274. The van der Waals surface area contributed by atoms with E-state index in [2.05, 4.69) is 14.9 Å². The zero-order chi connectivity index (χ0) is 14.0. The number of nitrogens with two attached hydrogens (primary N) is 1. The zero-order valence-corrected chi connectivity index (χ0v) is 10.1. The van der Waals surface area contributed by atoms with Crippen LogP contribution in [-0.2, 0) is 0 Å². The van der Waals surface area contributed by atoms with E-state index in [1.54, 1.807) is 6.07 Å². The molecule has 0 amide bonds. The van der Waals surface area contributed by atoms with Crippen LogP contribution >= 0.6 is 0 Å². The van der Waals surface area contributed by atoms with Gasteiger partial charge in [0.2, 0.25) is 0 Å². The number of halogens is 3. The molecule has 1 aliphatic heterocycles. The van der Waals surface area contributed by atoms with Crippen molar-refractivity contribution in [1.29, 1.82) is 0 Å². The van der Waals surface area contributed by atoms with Crippen molar-refractivity contribution in [2.75, 3.05) is 0 Å². The summed E-state index contributed by atoms with van der Waals surface area (Å²) in [7, 11) is 0. The number of ether oxygens (including phenoxy) is 1. The van der Waals surface area contributed by atoms with Crippen molar-refractivity contribution in [3.63, 3.8) is 0 Å². The second-order valence-electron chi connectivity index (χ2n) is 4.25. The molecule has 0 bridgehead atoms. The average molecular weight is 271 g/mol. The summed E-state index contributed by atoms with van der Waals surface area (Å²) in [4.78, 5) is 0. The van der Waals surface area contributed by atoms with Gasteiger partial charge in [0.05, 0.1) is 5.71 Å². The van der Waals surface area contributed by atoms with Gasteiger partial charge in [-0.05, 0) is 12.1 Å². The molecular formula is C12H12F3N3O. The number of hydrogen-bond acceptors (Lipinski definition) is 4. The SMILES string of the molecule is CC1CC(c2cccc(OC(F)(F)F)c2)=NN=C1N. The van der Waals surface area contributed by atoms with Crippen LogP contribution in [0.15, 0.2) is 34.5 Å². The molecule has 2 rings (SSSR count). The molecule has 1 aliphatic rings. The molecular weight excluding hydrogens is 259 g/mol. The molecule has 19 heavy (non-hydrogen) atoms. The number of alkyl halides is 3. The third-order valence-electron chi connectivity index (χ3n) is 2.69. The van der Waals surface area contributed by atoms with Gasteiger partial charge in [-0.1, -0.05) is 19.1 Å². The van der Waals surface area contributed by atoms with E-state index in [4.69, 9.17) is 5.73 Å². The molecule has 102 valence electrons. The molecule has 2 N–H and O–H groups in total. The summed E-state index contributed by atoms with van der Waals surface area (Å²) in [6, 6.07) is 5.66. The van der Waals surface area contributed by atoms with Gasteiger partial charge >= 0.3 is 6.36 Å². The van der Waals surface area contributed by atoms with Crippen molar-refractivity contribution in [2.24, 2.45) is 21.9 Å². The van der Waals surface area contributed by atoms with Crippen LogP contribution < -0.4 is 10.5 Å². The average Bonchev–Trinajstić information content (AvgIpc) is 2.31. The normalized spacial score (nSPS) is 19.7. The van der Waals surface area contributed by atoms with Crippen LogP contribution in [0.3, 0.4) is 0 Å². The lowest BCUT2D eigenvalue weighted by Gasteiger charge is -2.16. The third kappa shape index (κ3) is 3.46. The molecule has 0 spiro atoms. The lowest BCUT2D eigenvalue weighted by Crippen LogP contribution is -2.26. The van der Waals surface area contributed by atoms with E-state index >= 15 is 0 Å². The van der Waals surface area contributed by atoms with Crippen molar-refractivity contribution in [2.45, 2.75) is 19.7 Å². The van der Waals surface area contributed by atoms with Crippen LogP contribution in [0.2, 0.25) is 0 Å². The van der Waals surface area contributed by atoms with Crippen molar-refractivity contribution >= 4 is 11.5 Å². The first kappa shape index (κ1) is 13.4. The van der Waals surface area contributed by atoms with Crippen molar-refractivity contribution in [3.05, 3.63) is 29.8 Å². The Morgan fingerprint density at radius 1 is 1.32 bits per heavy atom. The predicted octanol–water partition coefficient (Wildman–Crippen LogP) is 2.69. The monoisotopic (exact) mass is 271 g/mol. The first-order valence-corrected chi connectivity index (χ1v) is 5.61. The summed E-state index contributed by atoms with van der Waals surface area (Å²) in [6.45, 7) is 1.88. The van der Waals surface area contributed by atoms with Gasteiger partial charge in [0, 0.05) is 17.9 Å². The summed E-state index contributed by atoms with van der Waals surface area (Å²) in [6.07, 6.45) is -4.17. The van der Waals surface area contributed by atoms with Gasteiger partial charge in [-0.3, -0.25) is 0 Å². The summed E-state index contributed by atoms with van der Waals surface area (Å²) in [5.74, 6) is 0.161.